The molecule has 1 fully saturated rings. The van der Waals surface area contributed by atoms with Crippen LogP contribution in [0.1, 0.15) is 16.7 Å². The van der Waals surface area contributed by atoms with Gasteiger partial charge in [0.05, 0.1) is 10.6 Å². The van der Waals surface area contributed by atoms with Crippen molar-refractivity contribution >= 4 is 46.2 Å². The van der Waals surface area contributed by atoms with Crippen LogP contribution in [0.15, 0.2) is 82.7 Å². The molecule has 0 saturated carbocycles. The number of hydrogen-bond donors (Lipinski definition) is 1. The summed E-state index contributed by atoms with van der Waals surface area (Å²) in [6.45, 7) is 2.47. The van der Waals surface area contributed by atoms with E-state index in [2.05, 4.69) is 10.3 Å². The van der Waals surface area contributed by atoms with Crippen molar-refractivity contribution in [3.8, 4) is 5.75 Å². The highest BCUT2D eigenvalue weighted by Gasteiger charge is 2.24. The van der Waals surface area contributed by atoms with Gasteiger partial charge in [0.2, 0.25) is 0 Å². The third-order valence-electron chi connectivity index (χ3n) is 4.47. The molecular weight excluding hydrogens is 416 g/mol. The number of rotatable bonds is 5. The van der Waals surface area contributed by atoms with Crippen LogP contribution in [-0.2, 0) is 11.4 Å². The molecular formula is C24H19ClN2O2S. The SMILES string of the molecule is Cc1ccc(Cl)cc1N=C1NC(=O)/C(=C/c2ccc(OCc3ccccc3)cc2)S1. The summed E-state index contributed by atoms with van der Waals surface area (Å²) >= 11 is 7.36. The minimum atomic E-state index is -0.164. The van der Waals surface area contributed by atoms with Gasteiger partial charge in [-0.3, -0.25) is 4.79 Å². The van der Waals surface area contributed by atoms with Gasteiger partial charge in [-0.1, -0.05) is 60.1 Å². The average Bonchev–Trinajstić information content (AvgIpc) is 3.09. The Hall–Kier alpha value is -3.02. The van der Waals surface area contributed by atoms with Crippen LogP contribution in [0.3, 0.4) is 0 Å². The Morgan fingerprint density at radius 1 is 1.07 bits per heavy atom. The van der Waals surface area contributed by atoms with Crippen LogP contribution in [0.2, 0.25) is 5.02 Å². The lowest BCUT2D eigenvalue weighted by atomic mass is 10.2. The molecule has 4 rings (SSSR count). The number of nitrogens with one attached hydrogen (secondary N) is 1. The Balaban J connectivity index is 1.43. The Morgan fingerprint density at radius 3 is 2.60 bits per heavy atom. The highest BCUT2D eigenvalue weighted by atomic mass is 35.5. The number of amides is 1. The zero-order chi connectivity index (χ0) is 20.9. The van der Waals surface area contributed by atoms with E-state index in [1.165, 1.54) is 11.8 Å². The van der Waals surface area contributed by atoms with Gasteiger partial charge in [0.25, 0.3) is 5.91 Å². The summed E-state index contributed by atoms with van der Waals surface area (Å²) in [4.78, 5) is 17.4. The fourth-order valence-corrected chi connectivity index (χ4v) is 3.85. The summed E-state index contributed by atoms with van der Waals surface area (Å²) in [7, 11) is 0. The molecule has 1 aliphatic heterocycles. The van der Waals surface area contributed by atoms with Crippen molar-refractivity contribution in [1.82, 2.24) is 5.32 Å². The van der Waals surface area contributed by atoms with Gasteiger partial charge in [0.1, 0.15) is 12.4 Å². The van der Waals surface area contributed by atoms with Crippen molar-refractivity contribution in [3.63, 3.8) is 0 Å². The van der Waals surface area contributed by atoms with E-state index in [4.69, 9.17) is 16.3 Å². The van der Waals surface area contributed by atoms with Crippen LogP contribution >= 0.6 is 23.4 Å². The molecule has 1 heterocycles. The molecule has 30 heavy (non-hydrogen) atoms. The standard InChI is InChI=1S/C24H19ClN2O2S/c1-16-7-10-19(25)14-21(16)26-24-27-23(28)22(30-24)13-17-8-11-20(12-9-17)29-15-18-5-3-2-4-6-18/h2-14H,15H2,1H3,(H,26,27,28)/b22-13-. The second-order valence-corrected chi connectivity index (χ2v) is 8.22. The first kappa shape index (κ1) is 20.3. The fraction of sp³-hybridized carbons (Fsp3) is 0.0833. The Morgan fingerprint density at radius 2 is 1.83 bits per heavy atom. The maximum absolute atomic E-state index is 12.3. The summed E-state index contributed by atoms with van der Waals surface area (Å²) in [5.41, 5.74) is 3.76. The van der Waals surface area contributed by atoms with Gasteiger partial charge >= 0.3 is 0 Å². The Labute approximate surface area is 184 Å². The number of aliphatic imine (C=N–C) groups is 1. The molecule has 0 radical (unpaired) electrons. The number of aryl methyl sites for hydroxylation is 1. The van der Waals surface area contributed by atoms with E-state index < -0.39 is 0 Å². The molecule has 6 heteroatoms. The second-order valence-electron chi connectivity index (χ2n) is 6.76. The normalized spacial score (nSPS) is 16.1. The number of hydrogen-bond acceptors (Lipinski definition) is 4. The number of thioether (sulfide) groups is 1. The highest BCUT2D eigenvalue weighted by Crippen LogP contribution is 2.30. The summed E-state index contributed by atoms with van der Waals surface area (Å²) in [5.74, 6) is 0.617. The van der Waals surface area contributed by atoms with Crippen LogP contribution in [0.5, 0.6) is 5.75 Å². The van der Waals surface area contributed by atoms with E-state index in [1.807, 2.05) is 79.7 Å². The van der Waals surface area contributed by atoms with Gasteiger partial charge in [-0.15, -0.1) is 0 Å². The van der Waals surface area contributed by atoms with Crippen molar-refractivity contribution in [2.24, 2.45) is 4.99 Å². The van der Waals surface area contributed by atoms with Crippen molar-refractivity contribution in [2.75, 3.05) is 0 Å². The van der Waals surface area contributed by atoms with Gasteiger partial charge < -0.3 is 10.1 Å². The van der Waals surface area contributed by atoms with E-state index >= 15 is 0 Å². The van der Waals surface area contributed by atoms with Crippen molar-refractivity contribution in [3.05, 3.63) is 99.4 Å². The first-order valence-corrected chi connectivity index (χ1v) is 10.6. The first-order chi connectivity index (χ1) is 14.6. The topological polar surface area (TPSA) is 50.7 Å². The van der Waals surface area contributed by atoms with Gasteiger partial charge in [-0.05, 0) is 65.7 Å². The highest BCUT2D eigenvalue weighted by molar-refractivity contribution is 8.18. The van der Waals surface area contributed by atoms with Gasteiger partial charge in [0.15, 0.2) is 5.17 Å². The number of carbonyl (C=O) groups excluding carboxylic acids is 1. The maximum Gasteiger partial charge on any atom is 0.264 e. The zero-order valence-electron chi connectivity index (χ0n) is 16.3. The molecule has 0 atom stereocenters. The second kappa shape index (κ2) is 9.20. The van der Waals surface area contributed by atoms with Crippen molar-refractivity contribution in [2.45, 2.75) is 13.5 Å². The summed E-state index contributed by atoms with van der Waals surface area (Å²) < 4.78 is 5.81. The molecule has 0 aromatic heterocycles. The van der Waals surface area contributed by atoms with Crippen molar-refractivity contribution in [1.29, 1.82) is 0 Å². The lowest BCUT2D eigenvalue weighted by Gasteiger charge is -2.06. The molecule has 1 amide bonds. The molecule has 0 spiro atoms. The molecule has 1 aliphatic rings. The molecule has 1 N–H and O–H groups in total. The molecule has 0 unspecified atom stereocenters. The van der Waals surface area contributed by atoms with Crippen molar-refractivity contribution < 1.29 is 9.53 Å². The quantitative estimate of drug-likeness (QED) is 0.492. The summed E-state index contributed by atoms with van der Waals surface area (Å²) in [6, 6.07) is 23.2. The molecule has 3 aromatic rings. The number of nitrogens with zero attached hydrogens (tertiary/aromatic N) is 1. The monoisotopic (exact) mass is 434 g/mol. The number of amidine groups is 1. The fourth-order valence-electron chi connectivity index (χ4n) is 2.85. The lowest BCUT2D eigenvalue weighted by Crippen LogP contribution is -2.19. The first-order valence-electron chi connectivity index (χ1n) is 9.39. The molecule has 1 saturated heterocycles. The zero-order valence-corrected chi connectivity index (χ0v) is 17.8. The van der Waals surface area contributed by atoms with E-state index in [0.29, 0.717) is 21.7 Å². The number of ether oxygens (including phenoxy) is 1. The minimum Gasteiger partial charge on any atom is -0.489 e. The average molecular weight is 435 g/mol. The van der Waals surface area contributed by atoms with E-state index in [1.54, 1.807) is 6.07 Å². The predicted octanol–water partition coefficient (Wildman–Crippen LogP) is 6.12. The molecule has 0 bridgehead atoms. The minimum absolute atomic E-state index is 0.164. The molecule has 0 aliphatic carbocycles. The Kier molecular flexibility index (Phi) is 6.21. The van der Waals surface area contributed by atoms with Gasteiger partial charge in [-0.25, -0.2) is 4.99 Å². The van der Waals surface area contributed by atoms with Gasteiger partial charge in [-0.2, -0.15) is 0 Å². The number of halogens is 1. The van der Waals surface area contributed by atoms with E-state index in [-0.39, 0.29) is 5.91 Å². The van der Waals surface area contributed by atoms with Gasteiger partial charge in [0, 0.05) is 5.02 Å². The van der Waals surface area contributed by atoms with Crippen LogP contribution in [-0.4, -0.2) is 11.1 Å². The Bertz CT molecular complexity index is 1130. The van der Waals surface area contributed by atoms with Crippen LogP contribution in [0.4, 0.5) is 5.69 Å². The number of benzene rings is 3. The van der Waals surface area contributed by atoms with Crippen LogP contribution in [0, 0.1) is 6.92 Å². The van der Waals surface area contributed by atoms with E-state index in [9.17, 15) is 4.79 Å². The third kappa shape index (κ3) is 5.12. The largest absolute Gasteiger partial charge is 0.489 e. The molecule has 4 nitrogen and oxygen atoms in total. The van der Waals surface area contributed by atoms with E-state index in [0.717, 1.165) is 28.1 Å². The maximum atomic E-state index is 12.3. The summed E-state index contributed by atoms with van der Waals surface area (Å²) in [6.07, 6.45) is 1.84. The lowest BCUT2D eigenvalue weighted by molar-refractivity contribution is -0.115. The summed E-state index contributed by atoms with van der Waals surface area (Å²) in [5, 5.41) is 3.96. The van der Waals surface area contributed by atoms with Crippen LogP contribution in [0.25, 0.3) is 6.08 Å². The number of carbonyl (C=O) groups is 1. The third-order valence-corrected chi connectivity index (χ3v) is 5.62. The molecule has 150 valence electrons. The van der Waals surface area contributed by atoms with Crippen LogP contribution < -0.4 is 10.1 Å². The molecule has 3 aromatic carbocycles. The predicted molar refractivity (Wildman–Crippen MR) is 124 cm³/mol. The smallest absolute Gasteiger partial charge is 0.264 e.